The molecule has 2 rings (SSSR count). The van der Waals surface area contributed by atoms with Crippen molar-refractivity contribution in [1.29, 1.82) is 0 Å². The number of rotatable bonds is 2. The van der Waals surface area contributed by atoms with Crippen LogP contribution in [0.2, 0.25) is 0 Å². The van der Waals surface area contributed by atoms with E-state index < -0.39 is 0 Å². The average molecular weight is 192 g/mol. The molecule has 0 saturated heterocycles. The van der Waals surface area contributed by atoms with E-state index in [1.165, 1.54) is 0 Å². The predicted molar refractivity (Wildman–Crippen MR) is 49.8 cm³/mol. The van der Waals surface area contributed by atoms with E-state index in [2.05, 4.69) is 15.5 Å². The van der Waals surface area contributed by atoms with Gasteiger partial charge in [0.25, 0.3) is 0 Å². The predicted octanol–water partition coefficient (Wildman–Crippen LogP) is 1.49. The molecular formula is C9H12N4O. The molecule has 0 aliphatic heterocycles. The molecule has 0 amide bonds. The van der Waals surface area contributed by atoms with Crippen molar-refractivity contribution in [3.63, 3.8) is 0 Å². The van der Waals surface area contributed by atoms with Gasteiger partial charge in [0.15, 0.2) is 0 Å². The van der Waals surface area contributed by atoms with Crippen molar-refractivity contribution in [3.05, 3.63) is 29.4 Å². The van der Waals surface area contributed by atoms with Gasteiger partial charge in [-0.15, -0.1) is 5.10 Å². The molecule has 5 heteroatoms. The summed E-state index contributed by atoms with van der Waals surface area (Å²) in [6, 6.07) is 0.0648. The van der Waals surface area contributed by atoms with Crippen LogP contribution in [0.5, 0.6) is 0 Å². The van der Waals surface area contributed by atoms with Crippen molar-refractivity contribution in [2.75, 3.05) is 0 Å². The lowest BCUT2D eigenvalue weighted by Gasteiger charge is -2.07. The van der Waals surface area contributed by atoms with Crippen LogP contribution < -0.4 is 0 Å². The lowest BCUT2D eigenvalue weighted by Crippen LogP contribution is -2.09. The SMILES string of the molecule is Cc1onc(C(C)n2ccnn2)c1C. The van der Waals surface area contributed by atoms with Crippen molar-refractivity contribution < 1.29 is 4.52 Å². The van der Waals surface area contributed by atoms with Crippen molar-refractivity contribution in [1.82, 2.24) is 20.2 Å². The van der Waals surface area contributed by atoms with Crippen molar-refractivity contribution in [2.24, 2.45) is 0 Å². The van der Waals surface area contributed by atoms with Gasteiger partial charge in [-0.05, 0) is 20.8 Å². The summed E-state index contributed by atoms with van der Waals surface area (Å²) < 4.78 is 6.86. The van der Waals surface area contributed by atoms with E-state index in [0.717, 1.165) is 17.0 Å². The van der Waals surface area contributed by atoms with Gasteiger partial charge >= 0.3 is 0 Å². The molecule has 1 unspecified atom stereocenters. The molecule has 0 radical (unpaired) electrons. The lowest BCUT2D eigenvalue weighted by molar-refractivity contribution is 0.378. The Morgan fingerprint density at radius 3 is 2.71 bits per heavy atom. The highest BCUT2D eigenvalue weighted by atomic mass is 16.5. The summed E-state index contributed by atoms with van der Waals surface area (Å²) in [6.45, 7) is 5.91. The van der Waals surface area contributed by atoms with E-state index in [1.54, 1.807) is 10.9 Å². The molecule has 0 N–H and O–H groups in total. The second-order valence-corrected chi connectivity index (χ2v) is 3.31. The summed E-state index contributed by atoms with van der Waals surface area (Å²) in [7, 11) is 0. The molecule has 0 aliphatic rings. The third-order valence-electron chi connectivity index (χ3n) is 2.43. The van der Waals surface area contributed by atoms with Crippen LogP contribution in [0.1, 0.15) is 30.0 Å². The number of hydrogen-bond acceptors (Lipinski definition) is 4. The van der Waals surface area contributed by atoms with Crippen LogP contribution >= 0.6 is 0 Å². The maximum Gasteiger partial charge on any atom is 0.136 e. The molecule has 0 bridgehead atoms. The third kappa shape index (κ3) is 1.30. The Morgan fingerprint density at radius 1 is 1.43 bits per heavy atom. The van der Waals surface area contributed by atoms with Crippen LogP contribution in [0.3, 0.4) is 0 Å². The molecule has 0 spiro atoms. The van der Waals surface area contributed by atoms with Gasteiger partial charge in [-0.2, -0.15) is 0 Å². The Balaban J connectivity index is 2.36. The van der Waals surface area contributed by atoms with E-state index in [1.807, 2.05) is 27.0 Å². The zero-order valence-corrected chi connectivity index (χ0v) is 8.43. The van der Waals surface area contributed by atoms with E-state index >= 15 is 0 Å². The zero-order valence-electron chi connectivity index (χ0n) is 8.43. The summed E-state index contributed by atoms with van der Waals surface area (Å²) in [5, 5.41) is 11.7. The van der Waals surface area contributed by atoms with Crippen LogP contribution in [-0.2, 0) is 0 Å². The van der Waals surface area contributed by atoms with Gasteiger partial charge in [0.2, 0.25) is 0 Å². The fraction of sp³-hybridized carbons (Fsp3) is 0.444. The molecule has 74 valence electrons. The normalized spacial score (nSPS) is 13.1. The van der Waals surface area contributed by atoms with Crippen molar-refractivity contribution >= 4 is 0 Å². The molecule has 0 aliphatic carbocycles. The summed E-state index contributed by atoms with van der Waals surface area (Å²) in [5.74, 6) is 0.854. The second-order valence-electron chi connectivity index (χ2n) is 3.31. The zero-order chi connectivity index (χ0) is 10.1. The van der Waals surface area contributed by atoms with Gasteiger partial charge in [-0.25, -0.2) is 4.68 Å². The molecule has 0 saturated carbocycles. The highest BCUT2D eigenvalue weighted by molar-refractivity contribution is 5.22. The molecule has 2 aromatic heterocycles. The average Bonchev–Trinajstić information content (AvgIpc) is 2.77. The maximum atomic E-state index is 5.10. The van der Waals surface area contributed by atoms with Crippen LogP contribution in [0.25, 0.3) is 0 Å². The van der Waals surface area contributed by atoms with E-state index in [4.69, 9.17) is 4.52 Å². The second kappa shape index (κ2) is 3.25. The van der Waals surface area contributed by atoms with Gasteiger partial charge in [-0.3, -0.25) is 0 Å². The summed E-state index contributed by atoms with van der Waals surface area (Å²) in [4.78, 5) is 0. The van der Waals surface area contributed by atoms with E-state index in [-0.39, 0.29) is 6.04 Å². The quantitative estimate of drug-likeness (QED) is 0.723. The number of hydrogen-bond donors (Lipinski definition) is 0. The first-order valence-corrected chi connectivity index (χ1v) is 4.48. The fourth-order valence-electron chi connectivity index (χ4n) is 1.37. The van der Waals surface area contributed by atoms with Crippen LogP contribution in [-0.4, -0.2) is 20.2 Å². The third-order valence-corrected chi connectivity index (χ3v) is 2.43. The number of nitrogens with zero attached hydrogens (tertiary/aromatic N) is 4. The van der Waals surface area contributed by atoms with Gasteiger partial charge in [-0.1, -0.05) is 10.4 Å². The van der Waals surface area contributed by atoms with Crippen LogP contribution in [0.4, 0.5) is 0 Å². The molecule has 2 aromatic rings. The molecular weight excluding hydrogens is 180 g/mol. The lowest BCUT2D eigenvalue weighted by atomic mass is 10.1. The molecule has 5 nitrogen and oxygen atoms in total. The first-order valence-electron chi connectivity index (χ1n) is 4.48. The van der Waals surface area contributed by atoms with Crippen LogP contribution in [0.15, 0.2) is 16.9 Å². The highest BCUT2D eigenvalue weighted by Crippen LogP contribution is 2.21. The fourth-order valence-corrected chi connectivity index (χ4v) is 1.37. The maximum absolute atomic E-state index is 5.10. The van der Waals surface area contributed by atoms with Gasteiger partial charge in [0.1, 0.15) is 11.5 Å². The van der Waals surface area contributed by atoms with E-state index in [0.29, 0.717) is 0 Å². The first kappa shape index (κ1) is 8.93. The summed E-state index contributed by atoms with van der Waals surface area (Å²) in [5.41, 5.74) is 1.99. The monoisotopic (exact) mass is 192 g/mol. The van der Waals surface area contributed by atoms with Crippen LogP contribution in [0, 0.1) is 13.8 Å². The molecule has 0 aromatic carbocycles. The minimum atomic E-state index is 0.0648. The number of aromatic nitrogens is 4. The topological polar surface area (TPSA) is 56.7 Å². The summed E-state index contributed by atoms with van der Waals surface area (Å²) in [6.07, 6.45) is 3.47. The largest absolute Gasteiger partial charge is 0.361 e. The standard InChI is InChI=1S/C9H12N4O/c1-6-8(3)14-11-9(6)7(2)13-5-4-10-12-13/h4-5,7H,1-3H3. The smallest absolute Gasteiger partial charge is 0.136 e. The Kier molecular flexibility index (Phi) is 2.07. The number of aryl methyl sites for hydroxylation is 1. The minimum absolute atomic E-state index is 0.0648. The van der Waals surface area contributed by atoms with Gasteiger partial charge in [0.05, 0.1) is 12.2 Å². The Bertz CT molecular complexity index is 418. The minimum Gasteiger partial charge on any atom is -0.361 e. The van der Waals surface area contributed by atoms with Gasteiger partial charge < -0.3 is 4.52 Å². The molecule has 14 heavy (non-hydrogen) atoms. The molecule has 2 heterocycles. The van der Waals surface area contributed by atoms with E-state index in [9.17, 15) is 0 Å². The molecule has 1 atom stereocenters. The Labute approximate surface area is 81.7 Å². The van der Waals surface area contributed by atoms with Crippen molar-refractivity contribution in [2.45, 2.75) is 26.8 Å². The van der Waals surface area contributed by atoms with Crippen molar-refractivity contribution in [3.8, 4) is 0 Å². The Morgan fingerprint density at radius 2 is 2.21 bits per heavy atom. The molecule has 0 fully saturated rings. The first-order chi connectivity index (χ1) is 6.70. The summed E-state index contributed by atoms with van der Waals surface area (Å²) >= 11 is 0. The van der Waals surface area contributed by atoms with Gasteiger partial charge in [0, 0.05) is 11.8 Å². The highest BCUT2D eigenvalue weighted by Gasteiger charge is 2.17. The Hall–Kier alpha value is -1.65.